The summed E-state index contributed by atoms with van der Waals surface area (Å²) in [7, 11) is 0. The molecule has 4 rings (SSSR count). The molecule has 2 aliphatic rings. The summed E-state index contributed by atoms with van der Waals surface area (Å²) in [5, 5.41) is 0. The van der Waals surface area contributed by atoms with Crippen LogP contribution in [0.4, 0.5) is 35.5 Å². The third-order valence-corrected chi connectivity index (χ3v) is 5.92. The molecule has 2 aromatic rings. The van der Waals surface area contributed by atoms with Crippen LogP contribution in [-0.2, 0) is 21.8 Å². The smallest absolute Gasteiger partial charge is 0.416 e. The number of ether oxygens (including phenoxy) is 2. The summed E-state index contributed by atoms with van der Waals surface area (Å²) in [6.45, 7) is 1.41. The van der Waals surface area contributed by atoms with Crippen LogP contribution in [0.15, 0.2) is 42.5 Å². The molecule has 2 aliphatic heterocycles. The van der Waals surface area contributed by atoms with Gasteiger partial charge in [-0.3, -0.25) is 4.90 Å². The lowest BCUT2D eigenvalue weighted by Crippen LogP contribution is -2.29. The predicted molar refractivity (Wildman–Crippen MR) is 101 cm³/mol. The van der Waals surface area contributed by atoms with Crippen molar-refractivity contribution in [3.63, 3.8) is 0 Å². The maximum Gasteiger partial charge on any atom is 0.416 e. The van der Waals surface area contributed by atoms with E-state index < -0.39 is 59.6 Å². The lowest BCUT2D eigenvalue weighted by atomic mass is 9.90. The van der Waals surface area contributed by atoms with Gasteiger partial charge in [-0.1, -0.05) is 12.1 Å². The summed E-state index contributed by atoms with van der Waals surface area (Å²) in [5.41, 5.74) is -2.56. The van der Waals surface area contributed by atoms with Gasteiger partial charge in [0.15, 0.2) is 0 Å². The number of carbonyl (C=O) groups is 1. The zero-order valence-electron chi connectivity index (χ0n) is 17.1. The van der Waals surface area contributed by atoms with Gasteiger partial charge in [-0.25, -0.2) is 9.18 Å². The maximum atomic E-state index is 13.4. The predicted octanol–water partition coefficient (Wildman–Crippen LogP) is 5.93. The fourth-order valence-electron chi connectivity index (χ4n) is 4.33. The molecule has 33 heavy (non-hydrogen) atoms. The fourth-order valence-corrected chi connectivity index (χ4v) is 4.33. The van der Waals surface area contributed by atoms with E-state index in [0.717, 1.165) is 0 Å². The third-order valence-electron chi connectivity index (χ3n) is 5.92. The molecule has 1 amide bonds. The van der Waals surface area contributed by atoms with Crippen molar-refractivity contribution in [1.82, 2.24) is 4.90 Å². The molecule has 11 heteroatoms. The highest BCUT2D eigenvalue weighted by molar-refractivity contribution is 5.71. The minimum Gasteiger partial charge on any atom is -0.447 e. The van der Waals surface area contributed by atoms with E-state index in [1.165, 1.54) is 36.1 Å². The molecular weight excluding hydrogens is 459 g/mol. The first-order valence-corrected chi connectivity index (χ1v) is 9.98. The number of cyclic esters (lactones) is 1. The molecule has 178 valence electrons. The molecule has 0 saturated carbocycles. The van der Waals surface area contributed by atoms with Gasteiger partial charge in [0.05, 0.1) is 35.9 Å². The first-order chi connectivity index (χ1) is 15.3. The van der Waals surface area contributed by atoms with Gasteiger partial charge in [0, 0.05) is 5.92 Å². The normalized spacial score (nSPS) is 24.1. The summed E-state index contributed by atoms with van der Waals surface area (Å²) >= 11 is 0. The quantitative estimate of drug-likeness (QED) is 0.513. The number of nitrogens with zero attached hydrogens (tertiary/aromatic N) is 1. The summed E-state index contributed by atoms with van der Waals surface area (Å²) in [5.74, 6) is -0.991. The van der Waals surface area contributed by atoms with Gasteiger partial charge < -0.3 is 9.47 Å². The molecule has 0 unspecified atom stereocenters. The van der Waals surface area contributed by atoms with Crippen LogP contribution in [0, 0.1) is 5.82 Å². The molecule has 0 aliphatic carbocycles. The van der Waals surface area contributed by atoms with E-state index in [9.17, 15) is 35.5 Å². The monoisotopic (exact) mass is 477 g/mol. The van der Waals surface area contributed by atoms with Crippen LogP contribution in [0.2, 0.25) is 0 Å². The van der Waals surface area contributed by atoms with E-state index in [0.29, 0.717) is 17.7 Å². The Bertz CT molecular complexity index is 1000. The van der Waals surface area contributed by atoms with Crippen LogP contribution < -0.4 is 0 Å². The highest BCUT2D eigenvalue weighted by Crippen LogP contribution is 2.42. The second kappa shape index (κ2) is 8.19. The number of rotatable bonds is 4. The van der Waals surface area contributed by atoms with E-state index in [1.807, 2.05) is 0 Å². The van der Waals surface area contributed by atoms with Crippen molar-refractivity contribution in [3.8, 4) is 0 Å². The second-order valence-electron chi connectivity index (χ2n) is 8.03. The van der Waals surface area contributed by atoms with Crippen LogP contribution in [0.5, 0.6) is 0 Å². The van der Waals surface area contributed by atoms with Crippen molar-refractivity contribution in [2.24, 2.45) is 0 Å². The Hall–Kier alpha value is -2.82. The van der Waals surface area contributed by atoms with E-state index in [4.69, 9.17) is 9.47 Å². The molecule has 4 atom stereocenters. The molecule has 2 saturated heterocycles. The van der Waals surface area contributed by atoms with Crippen LogP contribution in [-0.4, -0.2) is 36.3 Å². The standard InChI is InChI=1S/C22H18F7NO3/c1-11(13-6-14(21(24,25)26)8-15(7-13)22(27,28)29)33-18-9-30-17(10-32-20(30)31)19(18)12-2-4-16(23)5-3-12/h2-8,11,17-19H,9-10H2,1H3/t11-,17-,18+,19+/m1/s1. The van der Waals surface area contributed by atoms with E-state index in [1.54, 1.807) is 0 Å². The minimum absolute atomic E-state index is 0.0287. The summed E-state index contributed by atoms with van der Waals surface area (Å²) in [4.78, 5) is 13.4. The maximum absolute atomic E-state index is 13.4. The van der Waals surface area contributed by atoms with Gasteiger partial charge in [-0.05, 0) is 48.4 Å². The molecule has 2 fully saturated rings. The van der Waals surface area contributed by atoms with Gasteiger partial charge in [0.2, 0.25) is 0 Å². The van der Waals surface area contributed by atoms with Crippen molar-refractivity contribution in [3.05, 3.63) is 70.5 Å². The molecule has 0 bridgehead atoms. The van der Waals surface area contributed by atoms with Gasteiger partial charge in [-0.15, -0.1) is 0 Å². The number of carbonyl (C=O) groups excluding carboxylic acids is 1. The summed E-state index contributed by atoms with van der Waals surface area (Å²) < 4.78 is 104. The van der Waals surface area contributed by atoms with Gasteiger partial charge in [0.25, 0.3) is 0 Å². The average Bonchev–Trinajstić information content (AvgIpc) is 3.26. The third kappa shape index (κ3) is 4.64. The Labute approximate surface area is 183 Å². The topological polar surface area (TPSA) is 38.8 Å². The number of fused-ring (bicyclic) bond motifs is 1. The molecular formula is C22H18F7NO3. The SMILES string of the molecule is C[C@@H](O[C@H]1CN2C(=O)OC[C@@H]2[C@@H]1c1ccc(F)cc1)c1cc(C(F)(F)F)cc(C(F)(F)F)c1. The number of alkyl halides is 6. The van der Waals surface area contributed by atoms with Crippen LogP contribution in [0.3, 0.4) is 0 Å². The zero-order valence-corrected chi connectivity index (χ0v) is 17.1. The number of amides is 1. The minimum atomic E-state index is -4.98. The van der Waals surface area contributed by atoms with Crippen molar-refractivity contribution in [2.75, 3.05) is 13.2 Å². The van der Waals surface area contributed by atoms with Gasteiger partial charge in [-0.2, -0.15) is 26.3 Å². The van der Waals surface area contributed by atoms with Crippen LogP contribution in [0.25, 0.3) is 0 Å². The van der Waals surface area contributed by atoms with Crippen LogP contribution >= 0.6 is 0 Å². The van der Waals surface area contributed by atoms with E-state index in [-0.39, 0.29) is 24.8 Å². The van der Waals surface area contributed by atoms with Crippen molar-refractivity contribution >= 4 is 6.09 Å². The summed E-state index contributed by atoms with van der Waals surface area (Å²) in [6, 6.07) is 6.29. The highest BCUT2D eigenvalue weighted by atomic mass is 19.4. The first kappa shape index (κ1) is 23.3. The Morgan fingerprint density at radius 2 is 1.58 bits per heavy atom. The molecule has 0 spiro atoms. The van der Waals surface area contributed by atoms with Gasteiger partial charge >= 0.3 is 18.4 Å². The Morgan fingerprint density at radius 3 is 2.12 bits per heavy atom. The molecule has 4 nitrogen and oxygen atoms in total. The zero-order chi connectivity index (χ0) is 24.1. The Morgan fingerprint density at radius 1 is 1.00 bits per heavy atom. The number of hydrogen-bond donors (Lipinski definition) is 0. The number of hydrogen-bond acceptors (Lipinski definition) is 3. The van der Waals surface area contributed by atoms with Gasteiger partial charge in [0.1, 0.15) is 12.4 Å². The first-order valence-electron chi connectivity index (χ1n) is 9.98. The molecule has 0 N–H and O–H groups in total. The largest absolute Gasteiger partial charge is 0.447 e. The van der Waals surface area contributed by atoms with Crippen molar-refractivity contribution in [1.29, 1.82) is 0 Å². The van der Waals surface area contributed by atoms with E-state index in [2.05, 4.69) is 0 Å². The average molecular weight is 477 g/mol. The second-order valence-corrected chi connectivity index (χ2v) is 8.03. The summed E-state index contributed by atoms with van der Waals surface area (Å²) in [6.07, 6.45) is -12.5. The molecule has 0 radical (unpaired) electrons. The number of halogens is 7. The number of benzene rings is 2. The van der Waals surface area contributed by atoms with E-state index >= 15 is 0 Å². The molecule has 0 aromatic heterocycles. The lowest BCUT2D eigenvalue weighted by molar-refractivity contribution is -0.143. The Balaban J connectivity index is 1.66. The van der Waals surface area contributed by atoms with Crippen LogP contribution in [0.1, 0.15) is 41.2 Å². The molecule has 2 aromatic carbocycles. The van der Waals surface area contributed by atoms with Crippen molar-refractivity contribution < 1.29 is 45.0 Å². The van der Waals surface area contributed by atoms with Crippen molar-refractivity contribution in [2.45, 2.75) is 43.4 Å². The Kier molecular flexibility index (Phi) is 5.80. The lowest BCUT2D eigenvalue weighted by Gasteiger charge is -2.26. The highest BCUT2D eigenvalue weighted by Gasteiger charge is 2.50. The fraction of sp³-hybridized carbons (Fsp3) is 0.409. The molecule has 2 heterocycles.